The lowest BCUT2D eigenvalue weighted by atomic mass is 10.1. The summed E-state index contributed by atoms with van der Waals surface area (Å²) in [6, 6.07) is 14.2. The standard InChI is InChI=1S/C20H15N3O4S/c1-11(24)17-15(12-7-4-3-5-8-12)21-19(28-17)22-18(25)13-9-6-10-14-16(13)27-20(26)23(14)2/h3-10H,1-2H3,(H,21,22,25). The van der Waals surface area contributed by atoms with Gasteiger partial charge in [-0.25, -0.2) is 9.78 Å². The lowest BCUT2D eigenvalue weighted by Gasteiger charge is -2.02. The number of oxazole rings is 1. The molecule has 2 heterocycles. The zero-order valence-electron chi connectivity index (χ0n) is 15.1. The first kappa shape index (κ1) is 17.9. The second-order valence-corrected chi connectivity index (χ2v) is 7.15. The summed E-state index contributed by atoms with van der Waals surface area (Å²) in [5, 5.41) is 3.01. The van der Waals surface area contributed by atoms with Crippen molar-refractivity contribution in [2.45, 2.75) is 6.92 Å². The molecular weight excluding hydrogens is 378 g/mol. The minimum atomic E-state index is -0.547. The van der Waals surface area contributed by atoms with Crippen molar-refractivity contribution < 1.29 is 14.0 Å². The van der Waals surface area contributed by atoms with E-state index in [0.717, 1.165) is 16.9 Å². The Morgan fingerprint density at radius 1 is 1.11 bits per heavy atom. The number of carbonyl (C=O) groups excluding carboxylic acids is 2. The van der Waals surface area contributed by atoms with Crippen LogP contribution < -0.4 is 11.1 Å². The Bertz CT molecular complexity index is 1270. The number of aromatic nitrogens is 2. The minimum absolute atomic E-state index is 0.131. The predicted octanol–water partition coefficient (Wildman–Crippen LogP) is 3.71. The number of benzene rings is 2. The number of anilines is 1. The molecule has 28 heavy (non-hydrogen) atoms. The summed E-state index contributed by atoms with van der Waals surface area (Å²) in [6.07, 6.45) is 0. The van der Waals surface area contributed by atoms with Crippen LogP contribution in [0.4, 0.5) is 5.13 Å². The molecule has 2 aromatic heterocycles. The number of ketones is 1. The number of para-hydroxylation sites is 1. The van der Waals surface area contributed by atoms with Gasteiger partial charge in [-0.15, -0.1) is 0 Å². The molecule has 0 aliphatic rings. The number of Topliss-reactive ketones (excluding diaryl/α,β-unsaturated/α-hetero) is 1. The van der Waals surface area contributed by atoms with Crippen LogP contribution in [0.3, 0.4) is 0 Å². The van der Waals surface area contributed by atoms with E-state index in [0.29, 0.717) is 21.2 Å². The maximum Gasteiger partial charge on any atom is 0.419 e. The number of nitrogens with zero attached hydrogens (tertiary/aromatic N) is 2. The molecule has 0 bridgehead atoms. The maximum absolute atomic E-state index is 12.8. The molecule has 0 aliphatic heterocycles. The van der Waals surface area contributed by atoms with Gasteiger partial charge in [0.25, 0.3) is 5.91 Å². The average Bonchev–Trinajstić information content (AvgIpc) is 3.24. The Morgan fingerprint density at radius 2 is 1.86 bits per heavy atom. The van der Waals surface area contributed by atoms with Crippen LogP contribution in [0.5, 0.6) is 0 Å². The number of fused-ring (bicyclic) bond motifs is 1. The number of nitrogens with one attached hydrogen (secondary N) is 1. The fourth-order valence-corrected chi connectivity index (χ4v) is 3.78. The van der Waals surface area contributed by atoms with Crippen molar-refractivity contribution in [1.82, 2.24) is 9.55 Å². The molecular formula is C20H15N3O4S. The smallest absolute Gasteiger partial charge is 0.407 e. The molecule has 0 fully saturated rings. The number of carbonyl (C=O) groups is 2. The number of aryl methyl sites for hydroxylation is 1. The van der Waals surface area contributed by atoms with Gasteiger partial charge >= 0.3 is 5.76 Å². The van der Waals surface area contributed by atoms with Crippen LogP contribution >= 0.6 is 11.3 Å². The van der Waals surface area contributed by atoms with Gasteiger partial charge in [0.15, 0.2) is 16.5 Å². The lowest BCUT2D eigenvalue weighted by Crippen LogP contribution is -2.12. The fraction of sp³-hybridized carbons (Fsp3) is 0.100. The molecule has 8 heteroatoms. The van der Waals surface area contributed by atoms with Gasteiger partial charge in [0, 0.05) is 19.5 Å². The van der Waals surface area contributed by atoms with Gasteiger partial charge in [0.05, 0.1) is 21.7 Å². The molecule has 0 aliphatic carbocycles. The van der Waals surface area contributed by atoms with Gasteiger partial charge < -0.3 is 4.42 Å². The molecule has 0 saturated heterocycles. The zero-order chi connectivity index (χ0) is 19.8. The summed E-state index contributed by atoms with van der Waals surface area (Å²) in [5.74, 6) is -1.15. The molecule has 2 aromatic carbocycles. The topological polar surface area (TPSA) is 94.2 Å². The van der Waals surface area contributed by atoms with E-state index in [1.165, 1.54) is 11.5 Å². The summed E-state index contributed by atoms with van der Waals surface area (Å²) < 4.78 is 6.53. The van der Waals surface area contributed by atoms with Crippen LogP contribution in [0.25, 0.3) is 22.4 Å². The molecule has 0 spiro atoms. The maximum atomic E-state index is 12.8. The van der Waals surface area contributed by atoms with E-state index in [1.807, 2.05) is 30.3 Å². The number of rotatable bonds is 4. The van der Waals surface area contributed by atoms with Crippen molar-refractivity contribution in [3.05, 3.63) is 69.5 Å². The van der Waals surface area contributed by atoms with Gasteiger partial charge in [-0.05, 0) is 12.1 Å². The van der Waals surface area contributed by atoms with Crippen LogP contribution in [0, 0.1) is 0 Å². The molecule has 7 nitrogen and oxygen atoms in total. The second-order valence-electron chi connectivity index (χ2n) is 6.15. The summed E-state index contributed by atoms with van der Waals surface area (Å²) in [5.41, 5.74) is 2.26. The predicted molar refractivity (Wildman–Crippen MR) is 107 cm³/mol. The monoisotopic (exact) mass is 393 g/mol. The van der Waals surface area contributed by atoms with Crippen LogP contribution in [0.15, 0.2) is 57.7 Å². The highest BCUT2D eigenvalue weighted by atomic mass is 32.1. The Kier molecular flexibility index (Phi) is 4.40. The molecule has 4 aromatic rings. The third-order valence-corrected chi connectivity index (χ3v) is 5.35. The summed E-state index contributed by atoms with van der Waals surface area (Å²) in [6.45, 7) is 1.46. The summed E-state index contributed by atoms with van der Waals surface area (Å²) >= 11 is 1.11. The highest BCUT2D eigenvalue weighted by Crippen LogP contribution is 2.32. The lowest BCUT2D eigenvalue weighted by molar-refractivity contribution is 0.101. The van der Waals surface area contributed by atoms with Crippen molar-refractivity contribution >= 4 is 39.3 Å². The van der Waals surface area contributed by atoms with Crippen LogP contribution in [0.2, 0.25) is 0 Å². The molecule has 0 unspecified atom stereocenters. The van der Waals surface area contributed by atoms with Crippen LogP contribution in [-0.4, -0.2) is 21.2 Å². The van der Waals surface area contributed by atoms with Crippen LogP contribution in [-0.2, 0) is 7.05 Å². The highest BCUT2D eigenvalue weighted by molar-refractivity contribution is 7.18. The van der Waals surface area contributed by atoms with Crippen molar-refractivity contribution in [3.63, 3.8) is 0 Å². The fourth-order valence-electron chi connectivity index (χ4n) is 2.90. The van der Waals surface area contributed by atoms with Crippen LogP contribution in [0.1, 0.15) is 27.0 Å². The highest BCUT2D eigenvalue weighted by Gasteiger charge is 2.20. The first-order valence-electron chi connectivity index (χ1n) is 8.43. The largest absolute Gasteiger partial charge is 0.419 e. The van der Waals surface area contributed by atoms with E-state index < -0.39 is 11.7 Å². The van der Waals surface area contributed by atoms with Crippen molar-refractivity contribution in [2.24, 2.45) is 7.05 Å². The molecule has 0 atom stereocenters. The van der Waals surface area contributed by atoms with Gasteiger partial charge in [-0.3, -0.25) is 19.5 Å². The Labute approximate surface area is 163 Å². The summed E-state index contributed by atoms with van der Waals surface area (Å²) in [4.78, 5) is 41.5. The van der Waals surface area contributed by atoms with E-state index >= 15 is 0 Å². The molecule has 1 amide bonds. The zero-order valence-corrected chi connectivity index (χ0v) is 15.9. The molecule has 4 rings (SSSR count). The van der Waals surface area contributed by atoms with Gasteiger partial charge in [-0.1, -0.05) is 47.7 Å². The van der Waals surface area contributed by atoms with E-state index in [9.17, 15) is 14.4 Å². The Morgan fingerprint density at radius 3 is 2.57 bits per heavy atom. The van der Waals surface area contributed by atoms with Gasteiger partial charge in [-0.2, -0.15) is 0 Å². The first-order chi connectivity index (χ1) is 13.5. The minimum Gasteiger partial charge on any atom is -0.407 e. The van der Waals surface area contributed by atoms with Crippen molar-refractivity contribution in [3.8, 4) is 11.3 Å². The quantitative estimate of drug-likeness (QED) is 0.534. The van der Waals surface area contributed by atoms with Crippen molar-refractivity contribution in [2.75, 3.05) is 5.32 Å². The number of amides is 1. The number of hydrogen-bond donors (Lipinski definition) is 1. The molecule has 0 radical (unpaired) electrons. The Hall–Kier alpha value is -3.52. The van der Waals surface area contributed by atoms with Gasteiger partial charge in [0.2, 0.25) is 0 Å². The first-order valence-corrected chi connectivity index (χ1v) is 9.24. The second kappa shape index (κ2) is 6.90. The van der Waals surface area contributed by atoms with Crippen molar-refractivity contribution in [1.29, 1.82) is 0 Å². The molecule has 0 saturated carbocycles. The van der Waals surface area contributed by atoms with E-state index in [1.54, 1.807) is 25.2 Å². The average molecular weight is 393 g/mol. The Balaban J connectivity index is 1.72. The van der Waals surface area contributed by atoms with Gasteiger partial charge in [0.1, 0.15) is 0 Å². The summed E-state index contributed by atoms with van der Waals surface area (Å²) in [7, 11) is 1.57. The SMILES string of the molecule is CC(=O)c1sc(NC(=O)c2cccc3c2oc(=O)n3C)nc1-c1ccccc1. The van der Waals surface area contributed by atoms with E-state index in [-0.39, 0.29) is 16.9 Å². The number of thiazole rings is 1. The molecule has 1 N–H and O–H groups in total. The normalized spacial score (nSPS) is 10.9. The van der Waals surface area contributed by atoms with E-state index in [2.05, 4.69) is 10.3 Å². The third-order valence-electron chi connectivity index (χ3n) is 4.28. The number of hydrogen-bond acceptors (Lipinski definition) is 6. The molecule has 140 valence electrons. The van der Waals surface area contributed by atoms with E-state index in [4.69, 9.17) is 4.42 Å². The third kappa shape index (κ3) is 3.03.